The number of hydrogen-bond acceptors (Lipinski definition) is 5. The molecule has 0 aliphatic carbocycles. The van der Waals surface area contributed by atoms with Crippen molar-refractivity contribution in [2.45, 2.75) is 38.8 Å². The monoisotopic (exact) mass is 415 g/mol. The molecular formula is C21H22FN3O5. The van der Waals surface area contributed by atoms with Gasteiger partial charge in [-0.25, -0.2) is 9.18 Å². The first-order valence-electron chi connectivity index (χ1n) is 9.41. The molecule has 1 saturated heterocycles. The normalized spacial score (nSPS) is 16.5. The first-order valence-corrected chi connectivity index (χ1v) is 9.41. The van der Waals surface area contributed by atoms with Crippen LogP contribution in [0.25, 0.3) is 11.1 Å². The quantitative estimate of drug-likeness (QED) is 0.600. The van der Waals surface area contributed by atoms with Gasteiger partial charge in [0.05, 0.1) is 16.2 Å². The predicted octanol–water partition coefficient (Wildman–Crippen LogP) is 4.03. The lowest BCUT2D eigenvalue weighted by atomic mass is 10.0. The lowest BCUT2D eigenvalue weighted by Gasteiger charge is -2.22. The molecule has 2 aromatic rings. The van der Waals surface area contributed by atoms with Gasteiger partial charge in [-0.05, 0) is 51.0 Å². The zero-order valence-electron chi connectivity index (χ0n) is 16.8. The van der Waals surface area contributed by atoms with Crippen molar-refractivity contribution in [2.75, 3.05) is 11.4 Å². The Kier molecular flexibility index (Phi) is 5.73. The van der Waals surface area contributed by atoms with E-state index in [0.717, 1.165) is 0 Å². The Balaban J connectivity index is 1.79. The van der Waals surface area contributed by atoms with E-state index in [-0.39, 0.29) is 23.5 Å². The zero-order chi connectivity index (χ0) is 22.1. The standard InChI is InChI=1S/C21H22FN3O5/c1-21(2,3)30-20(27)23-16-10-11-24(19(16)26)18-9-8-13(12-15(18)22)14-6-4-5-7-17(14)25(28)29/h4-9,12,16H,10-11H2,1-3H3,(H,23,27)/t16-/m0/s1. The van der Waals surface area contributed by atoms with Crippen LogP contribution >= 0.6 is 0 Å². The number of alkyl carbamates (subject to hydrolysis) is 1. The van der Waals surface area contributed by atoms with Crippen LogP contribution in [0.3, 0.4) is 0 Å². The topological polar surface area (TPSA) is 102 Å². The van der Waals surface area contributed by atoms with Crippen LogP contribution in [0, 0.1) is 15.9 Å². The van der Waals surface area contributed by atoms with E-state index in [2.05, 4.69) is 5.32 Å². The molecule has 1 atom stereocenters. The van der Waals surface area contributed by atoms with Crippen molar-refractivity contribution in [2.24, 2.45) is 0 Å². The maximum absolute atomic E-state index is 14.8. The van der Waals surface area contributed by atoms with Gasteiger partial charge < -0.3 is 15.0 Å². The molecule has 1 aliphatic heterocycles. The largest absolute Gasteiger partial charge is 0.444 e. The Morgan fingerprint density at radius 2 is 1.97 bits per heavy atom. The van der Waals surface area contributed by atoms with Gasteiger partial charge in [0.1, 0.15) is 17.5 Å². The van der Waals surface area contributed by atoms with E-state index in [1.807, 2.05) is 0 Å². The average molecular weight is 415 g/mol. The van der Waals surface area contributed by atoms with E-state index in [1.54, 1.807) is 26.8 Å². The summed E-state index contributed by atoms with van der Waals surface area (Å²) in [5, 5.41) is 13.7. The van der Waals surface area contributed by atoms with Gasteiger partial charge in [0, 0.05) is 12.6 Å². The summed E-state index contributed by atoms with van der Waals surface area (Å²) in [6.45, 7) is 5.36. The Hall–Kier alpha value is -3.49. The summed E-state index contributed by atoms with van der Waals surface area (Å²) in [5.41, 5.74) is -0.170. The van der Waals surface area contributed by atoms with Crippen LogP contribution in [0.4, 0.5) is 20.6 Å². The summed E-state index contributed by atoms with van der Waals surface area (Å²) < 4.78 is 20.0. The van der Waals surface area contributed by atoms with Crippen LogP contribution in [0.5, 0.6) is 0 Å². The molecular weight excluding hydrogens is 393 g/mol. The molecule has 2 amide bonds. The highest BCUT2D eigenvalue weighted by Gasteiger charge is 2.36. The molecule has 9 heteroatoms. The molecule has 0 saturated carbocycles. The SMILES string of the molecule is CC(C)(C)OC(=O)N[C@H]1CCN(c2ccc(-c3ccccc3[N+](=O)[O-])cc2F)C1=O. The Bertz CT molecular complexity index is 1000. The third kappa shape index (κ3) is 4.56. The lowest BCUT2D eigenvalue weighted by Crippen LogP contribution is -2.43. The molecule has 158 valence electrons. The molecule has 1 N–H and O–H groups in total. The molecule has 0 unspecified atom stereocenters. The third-order valence-corrected chi connectivity index (χ3v) is 4.55. The van der Waals surface area contributed by atoms with Gasteiger partial charge >= 0.3 is 6.09 Å². The van der Waals surface area contributed by atoms with Gasteiger partial charge in [-0.3, -0.25) is 14.9 Å². The second kappa shape index (κ2) is 8.10. The number of anilines is 1. The van der Waals surface area contributed by atoms with E-state index in [1.165, 1.54) is 41.3 Å². The number of nitrogens with one attached hydrogen (secondary N) is 1. The molecule has 0 aromatic heterocycles. The summed E-state index contributed by atoms with van der Waals surface area (Å²) >= 11 is 0. The minimum absolute atomic E-state index is 0.0517. The molecule has 1 heterocycles. The highest BCUT2D eigenvalue weighted by molar-refractivity contribution is 6.01. The van der Waals surface area contributed by atoms with Gasteiger partial charge in [-0.15, -0.1) is 0 Å². The van der Waals surface area contributed by atoms with Crippen molar-refractivity contribution < 1.29 is 23.6 Å². The number of nitro benzene ring substituents is 1. The van der Waals surface area contributed by atoms with Crippen LogP contribution in [0.15, 0.2) is 42.5 Å². The van der Waals surface area contributed by atoms with E-state index >= 15 is 0 Å². The Morgan fingerprint density at radius 3 is 2.60 bits per heavy atom. The van der Waals surface area contributed by atoms with Crippen LogP contribution < -0.4 is 10.2 Å². The number of para-hydroxylation sites is 1. The highest BCUT2D eigenvalue weighted by atomic mass is 19.1. The molecule has 0 spiro atoms. The predicted molar refractivity (Wildman–Crippen MR) is 109 cm³/mol. The lowest BCUT2D eigenvalue weighted by molar-refractivity contribution is -0.384. The number of amides is 2. The molecule has 1 aliphatic rings. The average Bonchev–Trinajstić information content (AvgIpc) is 3.00. The van der Waals surface area contributed by atoms with Crippen molar-refractivity contribution >= 4 is 23.4 Å². The Labute approximate surface area is 172 Å². The van der Waals surface area contributed by atoms with Crippen LogP contribution in [-0.2, 0) is 9.53 Å². The fourth-order valence-corrected chi connectivity index (χ4v) is 3.27. The zero-order valence-corrected chi connectivity index (χ0v) is 16.8. The fraction of sp³-hybridized carbons (Fsp3) is 0.333. The summed E-state index contributed by atoms with van der Waals surface area (Å²) in [4.78, 5) is 36.5. The van der Waals surface area contributed by atoms with Gasteiger partial charge in [-0.2, -0.15) is 0 Å². The van der Waals surface area contributed by atoms with Crippen molar-refractivity contribution in [3.05, 3.63) is 58.4 Å². The molecule has 1 fully saturated rings. The molecule has 0 bridgehead atoms. The van der Waals surface area contributed by atoms with Gasteiger partial charge in [0.25, 0.3) is 5.69 Å². The fourth-order valence-electron chi connectivity index (χ4n) is 3.27. The van der Waals surface area contributed by atoms with Gasteiger partial charge in [0.15, 0.2) is 0 Å². The van der Waals surface area contributed by atoms with Gasteiger partial charge in [-0.1, -0.05) is 18.2 Å². The number of ether oxygens (including phenoxy) is 1. The number of nitro groups is 1. The number of carbonyl (C=O) groups excluding carboxylic acids is 2. The first kappa shape index (κ1) is 21.2. The summed E-state index contributed by atoms with van der Waals surface area (Å²) in [6.07, 6.45) is -0.404. The van der Waals surface area contributed by atoms with Crippen molar-refractivity contribution in [1.82, 2.24) is 5.32 Å². The molecule has 8 nitrogen and oxygen atoms in total. The van der Waals surface area contributed by atoms with E-state index < -0.39 is 34.4 Å². The molecule has 3 rings (SSSR count). The van der Waals surface area contributed by atoms with E-state index in [4.69, 9.17) is 4.74 Å². The van der Waals surface area contributed by atoms with Crippen molar-refractivity contribution in [1.29, 1.82) is 0 Å². The van der Waals surface area contributed by atoms with E-state index in [9.17, 15) is 24.1 Å². The Morgan fingerprint density at radius 1 is 1.27 bits per heavy atom. The van der Waals surface area contributed by atoms with Crippen LogP contribution in [0.2, 0.25) is 0 Å². The number of hydrogen-bond donors (Lipinski definition) is 1. The van der Waals surface area contributed by atoms with Crippen LogP contribution in [-0.4, -0.2) is 35.1 Å². The van der Waals surface area contributed by atoms with Crippen molar-refractivity contribution in [3.63, 3.8) is 0 Å². The smallest absolute Gasteiger partial charge is 0.408 e. The number of nitrogens with zero attached hydrogens (tertiary/aromatic N) is 2. The summed E-state index contributed by atoms with van der Waals surface area (Å²) in [6, 6.07) is 9.34. The second-order valence-corrected chi connectivity index (χ2v) is 7.92. The maximum Gasteiger partial charge on any atom is 0.408 e. The summed E-state index contributed by atoms with van der Waals surface area (Å²) in [7, 11) is 0. The van der Waals surface area contributed by atoms with E-state index in [0.29, 0.717) is 12.0 Å². The number of carbonyl (C=O) groups is 2. The highest BCUT2D eigenvalue weighted by Crippen LogP contribution is 2.33. The summed E-state index contributed by atoms with van der Waals surface area (Å²) in [5.74, 6) is -1.13. The minimum Gasteiger partial charge on any atom is -0.444 e. The second-order valence-electron chi connectivity index (χ2n) is 7.92. The van der Waals surface area contributed by atoms with Crippen LogP contribution in [0.1, 0.15) is 27.2 Å². The third-order valence-electron chi connectivity index (χ3n) is 4.55. The number of rotatable bonds is 4. The van der Waals surface area contributed by atoms with Gasteiger partial charge in [0.2, 0.25) is 5.91 Å². The molecule has 30 heavy (non-hydrogen) atoms. The number of benzene rings is 2. The minimum atomic E-state index is -0.811. The van der Waals surface area contributed by atoms with Crippen molar-refractivity contribution in [3.8, 4) is 11.1 Å². The molecule has 0 radical (unpaired) electrons. The maximum atomic E-state index is 14.8. The number of halogens is 1. The molecule has 2 aromatic carbocycles. The first-order chi connectivity index (χ1) is 14.1.